The fraction of sp³-hybridized carbons (Fsp3) is 0.357. The Kier molecular flexibility index (Phi) is 3.48. The molecule has 2 rings (SSSR count). The van der Waals surface area contributed by atoms with Gasteiger partial charge < -0.3 is 10.3 Å². The molecule has 0 saturated heterocycles. The van der Waals surface area contributed by atoms with E-state index in [4.69, 9.17) is 10.3 Å². The van der Waals surface area contributed by atoms with Gasteiger partial charge >= 0.3 is 0 Å². The second kappa shape index (κ2) is 4.96. The predicted octanol–water partition coefficient (Wildman–Crippen LogP) is 2.51. The lowest BCUT2D eigenvalue weighted by atomic mass is 9.90. The van der Waals surface area contributed by atoms with Crippen molar-refractivity contribution in [3.8, 4) is 0 Å². The third-order valence-corrected chi connectivity index (χ3v) is 2.74. The molecule has 0 saturated carbocycles. The van der Waals surface area contributed by atoms with Gasteiger partial charge in [0.15, 0.2) is 0 Å². The Morgan fingerprint density at radius 1 is 1.30 bits per heavy atom. The molecule has 0 radical (unpaired) electrons. The zero-order valence-electron chi connectivity index (χ0n) is 12.0. The summed E-state index contributed by atoms with van der Waals surface area (Å²) in [5, 5.41) is 6.34. The normalized spacial score (nSPS) is 11.4. The Balaban J connectivity index is 2.28. The van der Waals surface area contributed by atoms with Crippen LogP contribution in [-0.2, 0) is 5.41 Å². The van der Waals surface area contributed by atoms with Crippen LogP contribution in [0.1, 0.15) is 42.5 Å². The number of nitrogen functional groups attached to an aromatic ring is 1. The van der Waals surface area contributed by atoms with Crippen molar-refractivity contribution >= 4 is 17.6 Å². The van der Waals surface area contributed by atoms with Crippen LogP contribution in [0.2, 0.25) is 0 Å². The zero-order chi connectivity index (χ0) is 14.9. The summed E-state index contributed by atoms with van der Waals surface area (Å²) in [5.74, 6) is 0.317. The van der Waals surface area contributed by atoms with Crippen molar-refractivity contribution in [2.75, 3.05) is 11.1 Å². The summed E-state index contributed by atoms with van der Waals surface area (Å²) in [6.07, 6.45) is 0. The molecule has 6 heteroatoms. The summed E-state index contributed by atoms with van der Waals surface area (Å²) in [7, 11) is 0. The van der Waals surface area contributed by atoms with Crippen molar-refractivity contribution in [1.82, 2.24) is 10.1 Å². The molecule has 1 amide bonds. The molecule has 6 nitrogen and oxygen atoms in total. The lowest BCUT2D eigenvalue weighted by Gasteiger charge is -2.18. The first-order valence-corrected chi connectivity index (χ1v) is 6.28. The van der Waals surface area contributed by atoms with Gasteiger partial charge in [0, 0.05) is 22.7 Å². The largest absolute Gasteiger partial charge is 0.384 e. The van der Waals surface area contributed by atoms with E-state index in [9.17, 15) is 4.79 Å². The number of nitrogens with one attached hydrogen (secondary N) is 1. The molecule has 106 valence electrons. The molecular weight excluding hydrogens is 256 g/mol. The molecule has 2 aromatic rings. The molecule has 0 unspecified atom stereocenters. The molecule has 2 heterocycles. The van der Waals surface area contributed by atoms with E-state index in [-0.39, 0.29) is 11.3 Å². The first kappa shape index (κ1) is 14.0. The second-order valence-corrected chi connectivity index (χ2v) is 5.70. The Labute approximate surface area is 117 Å². The quantitative estimate of drug-likeness (QED) is 0.877. The number of nitrogens with two attached hydrogens (primary N) is 1. The van der Waals surface area contributed by atoms with Crippen LogP contribution >= 0.6 is 0 Å². The second-order valence-electron chi connectivity index (χ2n) is 5.70. The molecule has 0 aromatic carbocycles. The van der Waals surface area contributed by atoms with Gasteiger partial charge in [0.2, 0.25) is 5.88 Å². The van der Waals surface area contributed by atoms with Gasteiger partial charge in [-0.15, -0.1) is 0 Å². The molecule has 0 aliphatic rings. The molecule has 0 fully saturated rings. The van der Waals surface area contributed by atoms with E-state index < -0.39 is 0 Å². The summed E-state index contributed by atoms with van der Waals surface area (Å²) in [5.41, 5.74) is 7.48. The van der Waals surface area contributed by atoms with Crippen molar-refractivity contribution < 1.29 is 9.32 Å². The Morgan fingerprint density at radius 3 is 2.55 bits per heavy atom. The lowest BCUT2D eigenvalue weighted by Crippen LogP contribution is -2.18. The van der Waals surface area contributed by atoms with E-state index in [2.05, 4.69) is 15.5 Å². The van der Waals surface area contributed by atoms with Crippen molar-refractivity contribution in [2.45, 2.75) is 33.1 Å². The highest BCUT2D eigenvalue weighted by atomic mass is 16.5. The third kappa shape index (κ3) is 3.14. The predicted molar refractivity (Wildman–Crippen MR) is 76.5 cm³/mol. The van der Waals surface area contributed by atoms with Gasteiger partial charge in [-0.05, 0) is 19.1 Å². The van der Waals surface area contributed by atoms with Crippen molar-refractivity contribution in [2.24, 2.45) is 0 Å². The molecule has 20 heavy (non-hydrogen) atoms. The molecule has 3 N–H and O–H groups in total. The monoisotopic (exact) mass is 274 g/mol. The summed E-state index contributed by atoms with van der Waals surface area (Å²) in [4.78, 5) is 16.4. The summed E-state index contributed by atoms with van der Waals surface area (Å²) >= 11 is 0. The number of pyridine rings is 1. The van der Waals surface area contributed by atoms with Crippen LogP contribution in [0.3, 0.4) is 0 Å². The van der Waals surface area contributed by atoms with E-state index in [1.807, 2.05) is 20.8 Å². The van der Waals surface area contributed by atoms with Crippen LogP contribution < -0.4 is 11.1 Å². The van der Waals surface area contributed by atoms with Crippen molar-refractivity contribution in [1.29, 1.82) is 0 Å². The van der Waals surface area contributed by atoms with E-state index in [0.717, 1.165) is 5.69 Å². The SMILES string of the molecule is Cc1cc(NC(=O)c2cc(N)nc(C(C)(C)C)c2)on1. The molecular formula is C14H18N4O2. The van der Waals surface area contributed by atoms with Crippen LogP contribution in [0.25, 0.3) is 0 Å². The number of nitrogens with zero attached hydrogens (tertiary/aromatic N) is 2. The van der Waals surface area contributed by atoms with Crippen molar-refractivity contribution in [3.05, 3.63) is 35.2 Å². The van der Waals surface area contributed by atoms with E-state index >= 15 is 0 Å². The Hall–Kier alpha value is -2.37. The maximum absolute atomic E-state index is 12.2. The van der Waals surface area contributed by atoms with E-state index in [1.54, 1.807) is 19.1 Å². The zero-order valence-corrected chi connectivity index (χ0v) is 12.0. The van der Waals surface area contributed by atoms with Gasteiger partial charge in [-0.2, -0.15) is 0 Å². The maximum atomic E-state index is 12.2. The molecule has 0 bridgehead atoms. The number of rotatable bonds is 2. The van der Waals surface area contributed by atoms with Crippen LogP contribution in [-0.4, -0.2) is 16.0 Å². The van der Waals surface area contributed by atoms with Crippen molar-refractivity contribution in [3.63, 3.8) is 0 Å². The van der Waals surface area contributed by atoms with Gasteiger partial charge in [0.1, 0.15) is 5.82 Å². The van der Waals surface area contributed by atoms with Gasteiger partial charge in [-0.1, -0.05) is 25.9 Å². The smallest absolute Gasteiger partial charge is 0.258 e. The number of aromatic nitrogens is 2. The molecule has 2 aromatic heterocycles. The summed E-state index contributed by atoms with van der Waals surface area (Å²) in [6, 6.07) is 4.91. The maximum Gasteiger partial charge on any atom is 0.258 e. The number of hydrogen-bond acceptors (Lipinski definition) is 5. The number of amides is 1. The number of anilines is 2. The molecule has 0 spiro atoms. The van der Waals surface area contributed by atoms with Gasteiger partial charge in [-0.25, -0.2) is 4.98 Å². The van der Waals surface area contributed by atoms with Crippen LogP contribution in [0.15, 0.2) is 22.7 Å². The Bertz CT molecular complexity index is 641. The van der Waals surface area contributed by atoms with Gasteiger partial charge in [-0.3, -0.25) is 10.1 Å². The third-order valence-electron chi connectivity index (χ3n) is 2.74. The highest BCUT2D eigenvalue weighted by Gasteiger charge is 2.19. The number of carbonyl (C=O) groups excluding carboxylic acids is 1. The first-order valence-electron chi connectivity index (χ1n) is 6.28. The highest BCUT2D eigenvalue weighted by molar-refractivity contribution is 6.04. The number of carbonyl (C=O) groups is 1. The topological polar surface area (TPSA) is 94.0 Å². The van der Waals surface area contributed by atoms with Crippen LogP contribution in [0.5, 0.6) is 0 Å². The van der Waals surface area contributed by atoms with Gasteiger partial charge in [0.05, 0.1) is 5.69 Å². The average Bonchev–Trinajstić information content (AvgIpc) is 2.72. The fourth-order valence-corrected chi connectivity index (χ4v) is 1.67. The molecule has 0 aliphatic heterocycles. The fourth-order valence-electron chi connectivity index (χ4n) is 1.67. The molecule has 0 aliphatic carbocycles. The first-order chi connectivity index (χ1) is 9.25. The van der Waals surface area contributed by atoms with E-state index in [0.29, 0.717) is 23.0 Å². The minimum atomic E-state index is -0.305. The standard InChI is InChI=1S/C14H18N4O2/c1-8-5-12(20-18-8)17-13(19)9-6-10(14(2,3)4)16-11(15)7-9/h5-7H,1-4H3,(H2,15,16)(H,17,19). The van der Waals surface area contributed by atoms with Crippen LogP contribution in [0, 0.1) is 6.92 Å². The Morgan fingerprint density at radius 2 is 2.00 bits per heavy atom. The molecule has 0 atom stereocenters. The minimum Gasteiger partial charge on any atom is -0.384 e. The average molecular weight is 274 g/mol. The minimum absolute atomic E-state index is 0.187. The summed E-state index contributed by atoms with van der Waals surface area (Å²) in [6.45, 7) is 7.81. The van der Waals surface area contributed by atoms with E-state index in [1.165, 1.54) is 6.07 Å². The lowest BCUT2D eigenvalue weighted by molar-refractivity contribution is 0.102. The highest BCUT2D eigenvalue weighted by Crippen LogP contribution is 2.23. The number of hydrogen-bond donors (Lipinski definition) is 2. The number of aryl methyl sites for hydroxylation is 1. The van der Waals surface area contributed by atoms with Gasteiger partial charge in [0.25, 0.3) is 5.91 Å². The van der Waals surface area contributed by atoms with Crippen LogP contribution in [0.4, 0.5) is 11.7 Å². The summed E-state index contributed by atoms with van der Waals surface area (Å²) < 4.78 is 4.96.